The average Bonchev–Trinajstić information content (AvgIpc) is 2.09. The summed E-state index contributed by atoms with van der Waals surface area (Å²) >= 11 is -0.929. The SMILES string of the molecule is CCN(CC)S(=O)N(CC)CC. The summed E-state index contributed by atoms with van der Waals surface area (Å²) in [5.74, 6) is 0. The Hall–Kier alpha value is 0.0700. The first-order valence-corrected chi connectivity index (χ1v) is 5.69. The van der Waals surface area contributed by atoms with Gasteiger partial charge in [-0.15, -0.1) is 0 Å². The molecule has 0 aliphatic heterocycles. The Morgan fingerprint density at radius 3 is 1.25 bits per heavy atom. The fourth-order valence-corrected chi connectivity index (χ4v) is 2.26. The minimum atomic E-state index is -0.929. The molecule has 74 valence electrons. The highest BCUT2D eigenvalue weighted by Gasteiger charge is 2.14. The maximum atomic E-state index is 11.7. The van der Waals surface area contributed by atoms with Crippen molar-refractivity contribution in [3.05, 3.63) is 0 Å². The second-order valence-electron chi connectivity index (χ2n) is 2.46. The molecule has 0 aliphatic carbocycles. The fourth-order valence-electron chi connectivity index (χ4n) is 1.05. The highest BCUT2D eigenvalue weighted by atomic mass is 32.2. The minimum absolute atomic E-state index is 0.847. The molecule has 0 fully saturated rings. The number of rotatable bonds is 6. The molecule has 0 aromatic rings. The van der Waals surface area contributed by atoms with Crippen LogP contribution in [0.5, 0.6) is 0 Å². The topological polar surface area (TPSA) is 23.6 Å². The van der Waals surface area contributed by atoms with Crippen LogP contribution in [0.3, 0.4) is 0 Å². The molecular formula is C8H20N2OS. The summed E-state index contributed by atoms with van der Waals surface area (Å²) in [4.78, 5) is 0. The van der Waals surface area contributed by atoms with Gasteiger partial charge in [0.1, 0.15) is 0 Å². The number of hydrogen-bond donors (Lipinski definition) is 0. The lowest BCUT2D eigenvalue weighted by Gasteiger charge is -2.24. The molecule has 0 saturated heterocycles. The summed E-state index contributed by atoms with van der Waals surface area (Å²) in [7, 11) is 0. The molecule has 0 bridgehead atoms. The van der Waals surface area contributed by atoms with Crippen LogP contribution in [0.15, 0.2) is 0 Å². The van der Waals surface area contributed by atoms with Crippen LogP contribution in [0, 0.1) is 0 Å². The summed E-state index contributed by atoms with van der Waals surface area (Å²) in [6, 6.07) is 0. The number of nitrogens with zero attached hydrogens (tertiary/aromatic N) is 2. The molecule has 0 radical (unpaired) electrons. The summed E-state index contributed by atoms with van der Waals surface area (Å²) in [6.07, 6.45) is 0. The van der Waals surface area contributed by atoms with Crippen LogP contribution in [0.4, 0.5) is 0 Å². The van der Waals surface area contributed by atoms with Crippen LogP contribution < -0.4 is 0 Å². The summed E-state index contributed by atoms with van der Waals surface area (Å²) in [6.45, 7) is 11.5. The van der Waals surface area contributed by atoms with Crippen molar-refractivity contribution >= 4 is 11.2 Å². The van der Waals surface area contributed by atoms with Crippen LogP contribution >= 0.6 is 0 Å². The molecule has 0 N–H and O–H groups in total. The number of hydrogen-bond acceptors (Lipinski definition) is 1. The van der Waals surface area contributed by atoms with Gasteiger partial charge >= 0.3 is 0 Å². The smallest absolute Gasteiger partial charge is 0.172 e. The van der Waals surface area contributed by atoms with E-state index < -0.39 is 11.2 Å². The monoisotopic (exact) mass is 192 g/mol. The van der Waals surface area contributed by atoms with Crippen molar-refractivity contribution in [1.82, 2.24) is 8.61 Å². The Balaban J connectivity index is 4.12. The van der Waals surface area contributed by atoms with Gasteiger partial charge in [0, 0.05) is 26.2 Å². The van der Waals surface area contributed by atoms with E-state index in [0.29, 0.717) is 0 Å². The highest BCUT2D eigenvalue weighted by molar-refractivity contribution is 7.80. The van der Waals surface area contributed by atoms with Gasteiger partial charge in [-0.05, 0) is 0 Å². The lowest BCUT2D eigenvalue weighted by Crippen LogP contribution is -2.38. The van der Waals surface area contributed by atoms with E-state index in [1.807, 2.05) is 36.3 Å². The second-order valence-corrected chi connectivity index (χ2v) is 3.95. The van der Waals surface area contributed by atoms with Gasteiger partial charge in [-0.25, -0.2) is 12.8 Å². The lowest BCUT2D eigenvalue weighted by atomic mass is 10.7. The van der Waals surface area contributed by atoms with Crippen molar-refractivity contribution in [3.8, 4) is 0 Å². The standard InChI is InChI=1S/C8H20N2OS/c1-5-9(6-2)12(11)10(7-3)8-4/h5-8H2,1-4H3. The van der Waals surface area contributed by atoms with Crippen molar-refractivity contribution in [2.24, 2.45) is 0 Å². The van der Waals surface area contributed by atoms with E-state index in [1.54, 1.807) is 0 Å². The van der Waals surface area contributed by atoms with Crippen LogP contribution in [0.1, 0.15) is 27.7 Å². The third-order valence-electron chi connectivity index (χ3n) is 1.85. The van der Waals surface area contributed by atoms with Gasteiger partial charge in [-0.2, -0.15) is 0 Å². The zero-order chi connectivity index (χ0) is 9.56. The van der Waals surface area contributed by atoms with Gasteiger partial charge in [0.15, 0.2) is 11.2 Å². The van der Waals surface area contributed by atoms with E-state index >= 15 is 0 Å². The van der Waals surface area contributed by atoms with E-state index in [4.69, 9.17) is 0 Å². The summed E-state index contributed by atoms with van der Waals surface area (Å²) < 4.78 is 15.6. The molecule has 0 unspecified atom stereocenters. The largest absolute Gasteiger partial charge is 0.225 e. The lowest BCUT2D eigenvalue weighted by molar-refractivity contribution is 0.411. The van der Waals surface area contributed by atoms with Crippen LogP contribution in [-0.2, 0) is 11.2 Å². The maximum Gasteiger partial charge on any atom is 0.172 e. The summed E-state index contributed by atoms with van der Waals surface area (Å²) in [5.41, 5.74) is 0. The molecule has 4 heteroatoms. The van der Waals surface area contributed by atoms with Crippen molar-refractivity contribution in [1.29, 1.82) is 0 Å². The van der Waals surface area contributed by atoms with Crippen molar-refractivity contribution < 1.29 is 4.21 Å². The van der Waals surface area contributed by atoms with Crippen LogP contribution in [0.25, 0.3) is 0 Å². The zero-order valence-corrected chi connectivity index (χ0v) is 9.36. The minimum Gasteiger partial charge on any atom is -0.225 e. The molecule has 0 saturated carbocycles. The van der Waals surface area contributed by atoms with E-state index in [1.165, 1.54) is 0 Å². The van der Waals surface area contributed by atoms with Crippen molar-refractivity contribution in [3.63, 3.8) is 0 Å². The average molecular weight is 192 g/mol. The van der Waals surface area contributed by atoms with Gasteiger partial charge in [-0.1, -0.05) is 27.7 Å². The highest BCUT2D eigenvalue weighted by Crippen LogP contribution is 2.01. The van der Waals surface area contributed by atoms with Gasteiger partial charge in [0.2, 0.25) is 0 Å². The van der Waals surface area contributed by atoms with E-state index in [-0.39, 0.29) is 0 Å². The molecule has 0 amide bonds. The fraction of sp³-hybridized carbons (Fsp3) is 1.00. The molecule has 3 nitrogen and oxygen atoms in total. The van der Waals surface area contributed by atoms with Gasteiger partial charge < -0.3 is 0 Å². The van der Waals surface area contributed by atoms with Crippen molar-refractivity contribution in [2.45, 2.75) is 27.7 Å². The molecule has 0 heterocycles. The second kappa shape index (κ2) is 6.57. The first-order chi connectivity index (χ1) is 5.71. The first kappa shape index (κ1) is 12.1. The third kappa shape index (κ3) is 3.21. The van der Waals surface area contributed by atoms with Gasteiger partial charge in [0.05, 0.1) is 0 Å². The Morgan fingerprint density at radius 1 is 0.833 bits per heavy atom. The molecule has 0 aromatic carbocycles. The molecule has 0 rings (SSSR count). The van der Waals surface area contributed by atoms with Gasteiger partial charge in [-0.3, -0.25) is 0 Å². The Kier molecular flexibility index (Phi) is 6.61. The van der Waals surface area contributed by atoms with E-state index in [0.717, 1.165) is 26.2 Å². The van der Waals surface area contributed by atoms with Crippen LogP contribution in [-0.4, -0.2) is 39.0 Å². The predicted octanol–water partition coefficient (Wildman–Crippen LogP) is 1.25. The summed E-state index contributed by atoms with van der Waals surface area (Å²) in [5, 5.41) is 0. The molecule has 0 atom stereocenters. The van der Waals surface area contributed by atoms with Crippen LogP contribution in [0.2, 0.25) is 0 Å². The third-order valence-corrected chi connectivity index (χ3v) is 3.77. The molecular weight excluding hydrogens is 172 g/mol. The maximum absolute atomic E-state index is 11.7. The van der Waals surface area contributed by atoms with E-state index in [9.17, 15) is 4.21 Å². The van der Waals surface area contributed by atoms with E-state index in [2.05, 4.69) is 0 Å². The quantitative estimate of drug-likeness (QED) is 0.621. The molecule has 12 heavy (non-hydrogen) atoms. The Bertz CT molecular complexity index is 119. The zero-order valence-electron chi connectivity index (χ0n) is 8.54. The first-order valence-electron chi connectivity index (χ1n) is 4.63. The van der Waals surface area contributed by atoms with Gasteiger partial charge in [0.25, 0.3) is 0 Å². The Labute approximate surface area is 78.5 Å². The molecule has 0 aromatic heterocycles. The molecule has 0 spiro atoms. The van der Waals surface area contributed by atoms with Crippen molar-refractivity contribution in [2.75, 3.05) is 26.2 Å². The molecule has 0 aliphatic rings. The normalized spacial score (nSPS) is 11.9. The predicted molar refractivity (Wildman–Crippen MR) is 54.0 cm³/mol. The Morgan fingerprint density at radius 2 is 1.08 bits per heavy atom.